The maximum absolute atomic E-state index is 11.1. The first kappa shape index (κ1) is 15.4. The molecule has 0 radical (unpaired) electrons. The third-order valence-corrected chi connectivity index (χ3v) is 3.82. The van der Waals surface area contributed by atoms with E-state index in [2.05, 4.69) is 4.99 Å². The number of carbonyl (C=O) groups excluding carboxylic acids is 1. The molecule has 1 fully saturated rings. The number of rotatable bonds is 5. The van der Waals surface area contributed by atoms with Crippen LogP contribution in [-0.2, 0) is 4.79 Å². The number of benzene rings is 1. The number of aliphatic imine (C=N–C) groups is 1. The number of hydrogen-bond acceptors (Lipinski definition) is 4. The van der Waals surface area contributed by atoms with E-state index in [4.69, 9.17) is 9.47 Å². The van der Waals surface area contributed by atoms with Gasteiger partial charge in [0.25, 0.3) is 0 Å². The second kappa shape index (κ2) is 7.11. The summed E-state index contributed by atoms with van der Waals surface area (Å²) in [5.41, 5.74) is 1.85. The minimum absolute atomic E-state index is 0.0868. The second-order valence-corrected chi connectivity index (χ2v) is 5.18. The lowest BCUT2D eigenvalue weighted by Crippen LogP contribution is -2.39. The van der Waals surface area contributed by atoms with Crippen LogP contribution in [0.2, 0.25) is 0 Å². The molecular weight excluding hydrogens is 268 g/mol. The number of piperidine rings is 1. The fourth-order valence-corrected chi connectivity index (χ4v) is 2.55. The Bertz CT molecular complexity index is 528. The molecule has 1 heterocycles. The molecule has 1 atom stereocenters. The van der Waals surface area contributed by atoms with Crippen molar-refractivity contribution in [1.82, 2.24) is 4.90 Å². The molecule has 0 N–H and O–H groups in total. The van der Waals surface area contributed by atoms with Crippen molar-refractivity contribution in [3.05, 3.63) is 17.7 Å². The number of hydrogen-bond donors (Lipinski definition) is 0. The summed E-state index contributed by atoms with van der Waals surface area (Å²) in [6.45, 7) is 2.79. The van der Waals surface area contributed by atoms with E-state index < -0.39 is 0 Å². The zero-order chi connectivity index (χ0) is 15.2. The lowest BCUT2D eigenvalue weighted by molar-refractivity contribution is -0.119. The molecule has 1 aromatic rings. The Morgan fingerprint density at radius 3 is 2.62 bits per heavy atom. The lowest BCUT2D eigenvalue weighted by Gasteiger charge is -2.29. The molecule has 1 unspecified atom stereocenters. The van der Waals surface area contributed by atoms with E-state index in [9.17, 15) is 4.79 Å². The normalized spacial score (nSPS) is 18.8. The summed E-state index contributed by atoms with van der Waals surface area (Å²) in [4.78, 5) is 17.4. The largest absolute Gasteiger partial charge is 0.493 e. The Morgan fingerprint density at radius 1 is 1.24 bits per heavy atom. The van der Waals surface area contributed by atoms with Gasteiger partial charge in [-0.2, -0.15) is 0 Å². The third kappa shape index (κ3) is 3.54. The molecule has 114 valence electrons. The van der Waals surface area contributed by atoms with Gasteiger partial charge in [0, 0.05) is 18.8 Å². The van der Waals surface area contributed by atoms with Crippen molar-refractivity contribution in [3.63, 3.8) is 0 Å². The van der Waals surface area contributed by atoms with Gasteiger partial charge in [0.15, 0.2) is 11.5 Å². The van der Waals surface area contributed by atoms with Crippen LogP contribution in [0.5, 0.6) is 11.5 Å². The number of carbonyl (C=O) groups is 1. The van der Waals surface area contributed by atoms with E-state index >= 15 is 0 Å². The van der Waals surface area contributed by atoms with Gasteiger partial charge < -0.3 is 14.4 Å². The van der Waals surface area contributed by atoms with Crippen LogP contribution in [0, 0.1) is 6.92 Å². The minimum Gasteiger partial charge on any atom is -0.493 e. The van der Waals surface area contributed by atoms with Crippen LogP contribution in [-0.4, -0.2) is 44.3 Å². The zero-order valence-corrected chi connectivity index (χ0v) is 12.8. The van der Waals surface area contributed by atoms with Crippen molar-refractivity contribution in [2.24, 2.45) is 4.99 Å². The molecule has 1 aliphatic rings. The molecule has 5 heteroatoms. The Balaban J connectivity index is 2.21. The van der Waals surface area contributed by atoms with Crippen molar-refractivity contribution in [2.45, 2.75) is 32.2 Å². The SMILES string of the molecule is COc1cc(C)c(N=CC2CCCCN2C=O)cc1OC. The molecule has 0 bridgehead atoms. The van der Waals surface area contributed by atoms with Crippen molar-refractivity contribution in [2.75, 3.05) is 20.8 Å². The maximum Gasteiger partial charge on any atom is 0.210 e. The Labute approximate surface area is 125 Å². The van der Waals surface area contributed by atoms with Gasteiger partial charge in [-0.25, -0.2) is 0 Å². The number of likely N-dealkylation sites (tertiary alicyclic amines) is 1. The first-order valence-electron chi connectivity index (χ1n) is 7.17. The monoisotopic (exact) mass is 290 g/mol. The van der Waals surface area contributed by atoms with Crippen LogP contribution in [0.4, 0.5) is 5.69 Å². The number of methoxy groups -OCH3 is 2. The highest BCUT2D eigenvalue weighted by Crippen LogP contribution is 2.34. The lowest BCUT2D eigenvalue weighted by atomic mass is 10.0. The summed E-state index contributed by atoms with van der Waals surface area (Å²) in [7, 11) is 3.22. The van der Waals surface area contributed by atoms with E-state index in [0.29, 0.717) is 11.5 Å². The molecule has 5 nitrogen and oxygen atoms in total. The van der Waals surface area contributed by atoms with Crippen molar-refractivity contribution in [3.8, 4) is 11.5 Å². The Kier molecular flexibility index (Phi) is 5.20. The van der Waals surface area contributed by atoms with Gasteiger partial charge in [0.2, 0.25) is 6.41 Å². The average Bonchev–Trinajstić information content (AvgIpc) is 2.53. The van der Waals surface area contributed by atoms with E-state index in [0.717, 1.165) is 43.5 Å². The number of aryl methyl sites for hydroxylation is 1. The van der Waals surface area contributed by atoms with Crippen LogP contribution in [0.1, 0.15) is 24.8 Å². The number of amides is 1. The van der Waals surface area contributed by atoms with Crippen molar-refractivity contribution in [1.29, 1.82) is 0 Å². The average molecular weight is 290 g/mol. The summed E-state index contributed by atoms with van der Waals surface area (Å²) >= 11 is 0. The van der Waals surface area contributed by atoms with Gasteiger partial charge in [-0.15, -0.1) is 0 Å². The summed E-state index contributed by atoms with van der Waals surface area (Å²) in [6, 6.07) is 3.85. The first-order valence-corrected chi connectivity index (χ1v) is 7.17. The molecule has 1 saturated heterocycles. The Morgan fingerprint density at radius 2 is 1.95 bits per heavy atom. The maximum atomic E-state index is 11.1. The molecule has 1 amide bonds. The fraction of sp³-hybridized carbons (Fsp3) is 0.500. The molecule has 0 saturated carbocycles. The summed E-state index contributed by atoms with van der Waals surface area (Å²) in [5, 5.41) is 0. The van der Waals surface area contributed by atoms with Gasteiger partial charge in [-0.1, -0.05) is 0 Å². The zero-order valence-electron chi connectivity index (χ0n) is 12.8. The first-order chi connectivity index (χ1) is 10.2. The van der Waals surface area contributed by atoms with Gasteiger partial charge in [-0.3, -0.25) is 9.79 Å². The standard InChI is InChI=1S/C16H22N2O3/c1-12-8-15(20-2)16(21-3)9-14(12)17-10-13-6-4-5-7-18(13)11-19/h8-11,13H,4-7H2,1-3H3. The second-order valence-electron chi connectivity index (χ2n) is 5.18. The molecule has 1 aliphatic heterocycles. The van der Waals surface area contributed by atoms with Gasteiger partial charge in [0.1, 0.15) is 0 Å². The molecule has 1 aromatic carbocycles. The van der Waals surface area contributed by atoms with Crippen LogP contribution < -0.4 is 9.47 Å². The van der Waals surface area contributed by atoms with Crippen LogP contribution >= 0.6 is 0 Å². The van der Waals surface area contributed by atoms with E-state index in [1.54, 1.807) is 14.2 Å². The fourth-order valence-electron chi connectivity index (χ4n) is 2.55. The smallest absolute Gasteiger partial charge is 0.210 e. The molecule has 21 heavy (non-hydrogen) atoms. The van der Waals surface area contributed by atoms with E-state index in [1.165, 1.54) is 0 Å². The molecule has 0 aromatic heterocycles. The summed E-state index contributed by atoms with van der Waals surface area (Å²) < 4.78 is 10.6. The predicted molar refractivity (Wildman–Crippen MR) is 82.8 cm³/mol. The molecule has 0 spiro atoms. The Hall–Kier alpha value is -2.04. The summed E-state index contributed by atoms with van der Waals surface area (Å²) in [6.07, 6.45) is 5.94. The van der Waals surface area contributed by atoms with Crippen molar-refractivity contribution < 1.29 is 14.3 Å². The number of ether oxygens (including phenoxy) is 2. The predicted octanol–water partition coefficient (Wildman–Crippen LogP) is 2.73. The van der Waals surface area contributed by atoms with Gasteiger partial charge in [-0.05, 0) is 37.8 Å². The minimum atomic E-state index is 0.0868. The van der Waals surface area contributed by atoms with Crippen LogP contribution in [0.25, 0.3) is 0 Å². The molecule has 0 aliphatic carbocycles. The van der Waals surface area contributed by atoms with Gasteiger partial charge in [0.05, 0.1) is 25.9 Å². The van der Waals surface area contributed by atoms with Crippen molar-refractivity contribution >= 4 is 18.3 Å². The summed E-state index contributed by atoms with van der Waals surface area (Å²) in [5.74, 6) is 1.35. The van der Waals surface area contributed by atoms with Crippen LogP contribution in [0.3, 0.4) is 0 Å². The highest BCUT2D eigenvalue weighted by molar-refractivity contribution is 5.73. The number of nitrogens with zero attached hydrogens (tertiary/aromatic N) is 2. The topological polar surface area (TPSA) is 51.1 Å². The van der Waals surface area contributed by atoms with E-state index in [1.807, 2.05) is 30.2 Å². The molecule has 2 rings (SSSR count). The van der Waals surface area contributed by atoms with Gasteiger partial charge >= 0.3 is 0 Å². The highest BCUT2D eigenvalue weighted by atomic mass is 16.5. The third-order valence-electron chi connectivity index (χ3n) is 3.82. The molecular formula is C16H22N2O3. The quantitative estimate of drug-likeness (QED) is 0.619. The van der Waals surface area contributed by atoms with Crippen LogP contribution in [0.15, 0.2) is 17.1 Å². The highest BCUT2D eigenvalue weighted by Gasteiger charge is 2.19. The van der Waals surface area contributed by atoms with E-state index in [-0.39, 0.29) is 6.04 Å².